The van der Waals surface area contributed by atoms with E-state index < -0.39 is 0 Å². The lowest BCUT2D eigenvalue weighted by Gasteiger charge is -2.05. The molecule has 3 rings (SSSR count). The second-order valence-corrected chi connectivity index (χ2v) is 6.31. The molecule has 5 heteroatoms. The predicted molar refractivity (Wildman–Crippen MR) is 86.5 cm³/mol. The maximum atomic E-state index is 8.86. The van der Waals surface area contributed by atoms with Gasteiger partial charge in [0.2, 0.25) is 0 Å². The highest BCUT2D eigenvalue weighted by molar-refractivity contribution is 9.10. The lowest BCUT2D eigenvalue weighted by atomic mass is 10.2. The van der Waals surface area contributed by atoms with Crippen molar-refractivity contribution in [2.45, 2.75) is 6.92 Å². The first-order valence-electron chi connectivity index (χ1n) is 5.99. The number of thiazole rings is 1. The van der Waals surface area contributed by atoms with Gasteiger partial charge < -0.3 is 5.32 Å². The zero-order chi connectivity index (χ0) is 14.1. The van der Waals surface area contributed by atoms with Crippen molar-refractivity contribution in [3.63, 3.8) is 0 Å². The fraction of sp³-hybridized carbons (Fsp3) is 0.0667. The third kappa shape index (κ3) is 2.53. The Morgan fingerprint density at radius 3 is 2.85 bits per heavy atom. The molecule has 0 aliphatic heterocycles. The van der Waals surface area contributed by atoms with Crippen LogP contribution < -0.4 is 5.32 Å². The van der Waals surface area contributed by atoms with E-state index in [1.165, 1.54) is 5.56 Å². The van der Waals surface area contributed by atoms with E-state index in [1.807, 2.05) is 12.1 Å². The number of nitriles is 1. The topological polar surface area (TPSA) is 48.7 Å². The van der Waals surface area contributed by atoms with E-state index >= 15 is 0 Å². The molecule has 3 aromatic rings. The third-order valence-corrected chi connectivity index (χ3v) is 4.47. The number of rotatable bonds is 2. The molecule has 0 fully saturated rings. The van der Waals surface area contributed by atoms with Gasteiger partial charge in [-0.3, -0.25) is 0 Å². The van der Waals surface area contributed by atoms with E-state index in [-0.39, 0.29) is 0 Å². The van der Waals surface area contributed by atoms with E-state index in [0.29, 0.717) is 5.56 Å². The summed E-state index contributed by atoms with van der Waals surface area (Å²) in [5, 5.41) is 13.0. The van der Waals surface area contributed by atoms with Crippen molar-refractivity contribution >= 4 is 48.3 Å². The summed E-state index contributed by atoms with van der Waals surface area (Å²) < 4.78 is 2.02. The van der Waals surface area contributed by atoms with Gasteiger partial charge in [-0.1, -0.05) is 17.4 Å². The Labute approximate surface area is 129 Å². The molecule has 0 saturated heterocycles. The summed E-state index contributed by atoms with van der Waals surface area (Å²) in [4.78, 5) is 4.55. The number of fused-ring (bicyclic) bond motifs is 1. The molecule has 0 spiro atoms. The van der Waals surface area contributed by atoms with Crippen LogP contribution in [0, 0.1) is 18.3 Å². The van der Waals surface area contributed by atoms with Crippen molar-refractivity contribution in [1.29, 1.82) is 5.26 Å². The van der Waals surface area contributed by atoms with Crippen LogP contribution in [0.25, 0.3) is 10.2 Å². The van der Waals surface area contributed by atoms with Crippen molar-refractivity contribution < 1.29 is 0 Å². The zero-order valence-electron chi connectivity index (χ0n) is 10.6. The molecular weight excluding hydrogens is 334 g/mol. The van der Waals surface area contributed by atoms with Crippen LogP contribution in [-0.4, -0.2) is 4.98 Å². The normalized spacial score (nSPS) is 10.4. The third-order valence-electron chi connectivity index (χ3n) is 2.88. The maximum absolute atomic E-state index is 8.86. The Kier molecular flexibility index (Phi) is 3.43. The van der Waals surface area contributed by atoms with Crippen LogP contribution in [0.2, 0.25) is 0 Å². The zero-order valence-corrected chi connectivity index (χ0v) is 13.0. The summed E-state index contributed by atoms with van der Waals surface area (Å²) in [7, 11) is 0. The highest BCUT2D eigenvalue weighted by Gasteiger charge is 2.07. The SMILES string of the molecule is Cc1ccc2nc(Nc3ccc(C#N)cc3Br)sc2c1. The smallest absolute Gasteiger partial charge is 0.188 e. The number of nitrogens with zero attached hydrogens (tertiary/aromatic N) is 2. The van der Waals surface area contributed by atoms with E-state index in [0.717, 1.165) is 25.5 Å². The van der Waals surface area contributed by atoms with Crippen LogP contribution in [0.3, 0.4) is 0 Å². The number of hydrogen-bond acceptors (Lipinski definition) is 4. The Bertz CT molecular complexity index is 833. The van der Waals surface area contributed by atoms with Crippen molar-refractivity contribution in [3.8, 4) is 6.07 Å². The van der Waals surface area contributed by atoms with Crippen molar-refractivity contribution in [2.75, 3.05) is 5.32 Å². The summed E-state index contributed by atoms with van der Waals surface area (Å²) in [6.07, 6.45) is 0. The van der Waals surface area contributed by atoms with Gasteiger partial charge in [0.05, 0.1) is 27.5 Å². The Morgan fingerprint density at radius 1 is 1.25 bits per heavy atom. The first kappa shape index (κ1) is 13.1. The van der Waals surface area contributed by atoms with Crippen LogP contribution in [0.5, 0.6) is 0 Å². The summed E-state index contributed by atoms with van der Waals surface area (Å²) in [5.41, 5.74) is 3.75. The quantitative estimate of drug-likeness (QED) is 0.713. The van der Waals surface area contributed by atoms with Gasteiger partial charge >= 0.3 is 0 Å². The number of aromatic nitrogens is 1. The van der Waals surface area contributed by atoms with E-state index in [9.17, 15) is 0 Å². The molecule has 98 valence electrons. The number of nitrogens with one attached hydrogen (secondary N) is 1. The average Bonchev–Trinajstić information content (AvgIpc) is 2.82. The van der Waals surface area contributed by atoms with Gasteiger partial charge in [0.25, 0.3) is 0 Å². The van der Waals surface area contributed by atoms with Crippen LogP contribution in [0.15, 0.2) is 40.9 Å². The fourth-order valence-electron chi connectivity index (χ4n) is 1.89. The number of halogens is 1. The van der Waals surface area contributed by atoms with Crippen molar-refractivity contribution in [2.24, 2.45) is 0 Å². The second kappa shape index (κ2) is 5.23. The van der Waals surface area contributed by atoms with Crippen LogP contribution in [-0.2, 0) is 0 Å². The Hall–Kier alpha value is -1.90. The number of aryl methyl sites for hydroxylation is 1. The molecular formula is C15H10BrN3S. The maximum Gasteiger partial charge on any atom is 0.188 e. The average molecular weight is 344 g/mol. The summed E-state index contributed by atoms with van der Waals surface area (Å²) in [5.74, 6) is 0. The predicted octanol–water partition coefficient (Wildman–Crippen LogP) is 4.98. The largest absolute Gasteiger partial charge is 0.331 e. The second-order valence-electron chi connectivity index (χ2n) is 4.42. The molecule has 0 amide bonds. The molecule has 0 aliphatic rings. The minimum atomic E-state index is 0.627. The van der Waals surface area contributed by atoms with Gasteiger partial charge in [0.15, 0.2) is 5.13 Å². The fourth-order valence-corrected chi connectivity index (χ4v) is 3.34. The Morgan fingerprint density at radius 2 is 2.10 bits per heavy atom. The number of hydrogen-bond donors (Lipinski definition) is 1. The molecule has 1 heterocycles. The first-order valence-corrected chi connectivity index (χ1v) is 7.60. The van der Waals surface area contributed by atoms with Gasteiger partial charge in [-0.2, -0.15) is 5.26 Å². The van der Waals surface area contributed by atoms with Gasteiger partial charge in [-0.25, -0.2) is 4.98 Å². The molecule has 3 nitrogen and oxygen atoms in total. The van der Waals surface area contributed by atoms with Gasteiger partial charge in [0.1, 0.15) is 0 Å². The molecule has 2 aromatic carbocycles. The lowest BCUT2D eigenvalue weighted by molar-refractivity contribution is 1.41. The Balaban J connectivity index is 1.95. The molecule has 0 radical (unpaired) electrons. The van der Waals surface area contributed by atoms with Gasteiger partial charge in [-0.05, 0) is 58.7 Å². The first-order chi connectivity index (χ1) is 9.65. The molecule has 20 heavy (non-hydrogen) atoms. The summed E-state index contributed by atoms with van der Waals surface area (Å²) in [6.45, 7) is 2.07. The molecule has 1 N–H and O–H groups in total. The highest BCUT2D eigenvalue weighted by atomic mass is 79.9. The molecule has 0 bridgehead atoms. The van der Waals surface area contributed by atoms with Crippen molar-refractivity contribution in [1.82, 2.24) is 4.98 Å². The standard InChI is InChI=1S/C15H10BrN3S/c1-9-2-4-13-14(6-9)20-15(19-13)18-12-5-3-10(8-17)7-11(12)16/h2-7H,1H3,(H,18,19). The number of benzene rings is 2. The minimum Gasteiger partial charge on any atom is -0.331 e. The summed E-state index contributed by atoms with van der Waals surface area (Å²) in [6, 6.07) is 13.8. The molecule has 0 atom stereocenters. The van der Waals surface area contributed by atoms with E-state index in [4.69, 9.17) is 5.26 Å². The van der Waals surface area contributed by atoms with Gasteiger partial charge in [0, 0.05) is 4.47 Å². The molecule has 0 saturated carbocycles. The lowest BCUT2D eigenvalue weighted by Crippen LogP contribution is -1.90. The molecule has 0 unspecified atom stereocenters. The molecule has 0 aliphatic carbocycles. The molecule has 1 aromatic heterocycles. The summed E-state index contributed by atoms with van der Waals surface area (Å²) >= 11 is 5.08. The minimum absolute atomic E-state index is 0.627. The van der Waals surface area contributed by atoms with E-state index in [2.05, 4.69) is 51.4 Å². The van der Waals surface area contributed by atoms with E-state index in [1.54, 1.807) is 23.5 Å². The van der Waals surface area contributed by atoms with Crippen LogP contribution >= 0.6 is 27.3 Å². The van der Waals surface area contributed by atoms with Crippen molar-refractivity contribution in [3.05, 3.63) is 52.0 Å². The highest BCUT2D eigenvalue weighted by Crippen LogP contribution is 2.32. The number of anilines is 2. The monoisotopic (exact) mass is 343 g/mol. The van der Waals surface area contributed by atoms with Gasteiger partial charge in [-0.15, -0.1) is 0 Å². The van der Waals surface area contributed by atoms with Crippen LogP contribution in [0.4, 0.5) is 10.8 Å². The van der Waals surface area contributed by atoms with Crippen LogP contribution in [0.1, 0.15) is 11.1 Å².